The van der Waals surface area contributed by atoms with Gasteiger partial charge in [-0.1, -0.05) is 29.8 Å². The molecule has 0 atom stereocenters. The number of nitrogens with one attached hydrogen (secondary N) is 1. The van der Waals surface area contributed by atoms with E-state index in [1.807, 2.05) is 32.0 Å². The number of hydrogen-bond acceptors (Lipinski definition) is 5. The molecule has 0 saturated carbocycles. The van der Waals surface area contributed by atoms with Crippen molar-refractivity contribution >= 4 is 33.1 Å². The number of rotatable bonds is 6. The molecule has 2 amide bonds. The Balaban J connectivity index is 1.76. The summed E-state index contributed by atoms with van der Waals surface area (Å²) in [6.07, 6.45) is 1.71. The van der Waals surface area contributed by atoms with E-state index in [1.54, 1.807) is 25.1 Å². The second-order valence-corrected chi connectivity index (χ2v) is 10.1. The summed E-state index contributed by atoms with van der Waals surface area (Å²) >= 11 is 0. The molecule has 2 heterocycles. The summed E-state index contributed by atoms with van der Waals surface area (Å²) in [5, 5.41) is 3.06. The molecular formula is C24H27N3O4S. The quantitative estimate of drug-likeness (QED) is 0.678. The van der Waals surface area contributed by atoms with Crippen LogP contribution < -0.4 is 5.32 Å². The maximum atomic E-state index is 13.1. The minimum absolute atomic E-state index is 0.166. The summed E-state index contributed by atoms with van der Waals surface area (Å²) in [6, 6.07) is 12.1. The number of aryl methyl sites for hydroxylation is 2. The van der Waals surface area contributed by atoms with Crippen molar-refractivity contribution in [2.24, 2.45) is 0 Å². The fraction of sp³-hybridized carbons (Fsp3) is 0.333. The fourth-order valence-electron chi connectivity index (χ4n) is 4.28. The summed E-state index contributed by atoms with van der Waals surface area (Å²) in [6.45, 7) is 6.91. The van der Waals surface area contributed by atoms with Gasteiger partial charge in [-0.15, -0.1) is 0 Å². The van der Waals surface area contributed by atoms with Crippen molar-refractivity contribution in [3.05, 3.63) is 64.9 Å². The van der Waals surface area contributed by atoms with Crippen LogP contribution in [-0.4, -0.2) is 49.1 Å². The lowest BCUT2D eigenvalue weighted by Crippen LogP contribution is -2.32. The number of nitrogens with zero attached hydrogens (tertiary/aromatic N) is 2. The van der Waals surface area contributed by atoms with Gasteiger partial charge in [-0.05, 0) is 62.9 Å². The molecule has 0 spiro atoms. The van der Waals surface area contributed by atoms with Gasteiger partial charge in [0.25, 0.3) is 11.8 Å². The van der Waals surface area contributed by atoms with E-state index in [-0.39, 0.29) is 23.0 Å². The van der Waals surface area contributed by atoms with Crippen molar-refractivity contribution in [3.63, 3.8) is 0 Å². The summed E-state index contributed by atoms with van der Waals surface area (Å²) < 4.78 is 27.4. The van der Waals surface area contributed by atoms with Crippen LogP contribution in [0.1, 0.15) is 36.5 Å². The Bertz CT molecular complexity index is 1230. The van der Waals surface area contributed by atoms with Crippen LogP contribution >= 0.6 is 0 Å². The smallest absolute Gasteiger partial charge is 0.278 e. The third-order valence-electron chi connectivity index (χ3n) is 5.94. The van der Waals surface area contributed by atoms with Crippen molar-refractivity contribution in [2.75, 3.05) is 25.0 Å². The van der Waals surface area contributed by atoms with Gasteiger partial charge in [-0.25, -0.2) is 8.42 Å². The Morgan fingerprint density at radius 2 is 1.69 bits per heavy atom. The molecule has 32 heavy (non-hydrogen) atoms. The van der Waals surface area contributed by atoms with Crippen molar-refractivity contribution in [1.82, 2.24) is 9.21 Å². The Morgan fingerprint density at radius 3 is 2.34 bits per heavy atom. The van der Waals surface area contributed by atoms with Crippen LogP contribution in [0.25, 0.3) is 5.57 Å². The van der Waals surface area contributed by atoms with Crippen molar-refractivity contribution < 1.29 is 18.0 Å². The first-order chi connectivity index (χ1) is 15.2. The highest BCUT2D eigenvalue weighted by atomic mass is 32.2. The van der Waals surface area contributed by atoms with E-state index in [9.17, 15) is 18.0 Å². The molecule has 7 nitrogen and oxygen atoms in total. The van der Waals surface area contributed by atoms with Crippen LogP contribution in [0.4, 0.5) is 5.69 Å². The standard InChI is InChI=1S/C24H27N3O4S/c1-4-27-23(28)21(20-11-10-16(2)14-17(20)3)22(24(27)29)25-18-8-7-9-19(15-18)32(30,31)26-12-5-6-13-26/h7-11,14-15,25H,4-6,12-13H2,1-3H3. The van der Waals surface area contributed by atoms with E-state index >= 15 is 0 Å². The van der Waals surface area contributed by atoms with Gasteiger partial charge >= 0.3 is 0 Å². The first-order valence-electron chi connectivity index (χ1n) is 10.8. The molecule has 2 aromatic rings. The Hall–Kier alpha value is -2.97. The minimum atomic E-state index is -3.60. The number of carbonyl (C=O) groups excluding carboxylic acids is 2. The predicted molar refractivity (Wildman–Crippen MR) is 123 cm³/mol. The number of likely N-dealkylation sites (N-methyl/N-ethyl adjacent to an activating group) is 1. The SMILES string of the molecule is CCN1C(=O)C(Nc2cccc(S(=O)(=O)N3CCCC3)c2)=C(c2ccc(C)cc2C)C1=O. The molecule has 2 aromatic carbocycles. The molecule has 0 bridgehead atoms. The molecule has 2 aliphatic rings. The Morgan fingerprint density at radius 1 is 0.969 bits per heavy atom. The molecule has 0 radical (unpaired) electrons. The monoisotopic (exact) mass is 453 g/mol. The zero-order valence-corrected chi connectivity index (χ0v) is 19.3. The first-order valence-corrected chi connectivity index (χ1v) is 12.2. The highest BCUT2D eigenvalue weighted by Crippen LogP contribution is 2.33. The van der Waals surface area contributed by atoms with Crippen LogP contribution in [0.3, 0.4) is 0 Å². The largest absolute Gasteiger partial charge is 0.350 e. The molecule has 0 aromatic heterocycles. The lowest BCUT2D eigenvalue weighted by Gasteiger charge is -2.17. The molecule has 2 aliphatic heterocycles. The zero-order valence-electron chi connectivity index (χ0n) is 18.5. The number of imide groups is 1. The molecule has 168 valence electrons. The first kappa shape index (κ1) is 22.2. The van der Waals surface area contributed by atoms with E-state index in [0.717, 1.165) is 24.0 Å². The van der Waals surface area contributed by atoms with Gasteiger partial charge < -0.3 is 5.32 Å². The lowest BCUT2D eigenvalue weighted by molar-refractivity contribution is -0.136. The number of benzene rings is 2. The van der Waals surface area contributed by atoms with Crippen LogP contribution in [0.5, 0.6) is 0 Å². The maximum Gasteiger partial charge on any atom is 0.278 e. The fourth-order valence-corrected chi connectivity index (χ4v) is 5.84. The van der Waals surface area contributed by atoms with Crippen molar-refractivity contribution in [2.45, 2.75) is 38.5 Å². The molecule has 8 heteroatoms. The van der Waals surface area contributed by atoms with Gasteiger partial charge in [0.05, 0.1) is 10.5 Å². The van der Waals surface area contributed by atoms with E-state index in [4.69, 9.17) is 0 Å². The molecule has 4 rings (SSSR count). The third-order valence-corrected chi connectivity index (χ3v) is 7.84. The van der Waals surface area contributed by atoms with E-state index in [2.05, 4.69) is 5.32 Å². The Labute approximate surface area is 188 Å². The summed E-state index contributed by atoms with van der Waals surface area (Å²) in [4.78, 5) is 27.5. The predicted octanol–water partition coefficient (Wildman–Crippen LogP) is 3.30. The van der Waals surface area contributed by atoms with Crippen molar-refractivity contribution in [3.8, 4) is 0 Å². The van der Waals surface area contributed by atoms with E-state index in [0.29, 0.717) is 29.9 Å². The highest BCUT2D eigenvalue weighted by molar-refractivity contribution is 7.89. The zero-order chi connectivity index (χ0) is 23.0. The second-order valence-electron chi connectivity index (χ2n) is 8.19. The number of hydrogen-bond donors (Lipinski definition) is 1. The van der Waals surface area contributed by atoms with Gasteiger partial charge in [0.2, 0.25) is 10.0 Å². The van der Waals surface area contributed by atoms with Crippen molar-refractivity contribution in [1.29, 1.82) is 0 Å². The van der Waals surface area contributed by atoms with Crippen LogP contribution in [0.15, 0.2) is 53.1 Å². The molecule has 0 aliphatic carbocycles. The number of anilines is 1. The highest BCUT2D eigenvalue weighted by Gasteiger charge is 2.39. The Kier molecular flexibility index (Phi) is 5.92. The molecular weight excluding hydrogens is 426 g/mol. The van der Waals surface area contributed by atoms with Gasteiger partial charge in [0.15, 0.2) is 0 Å². The van der Waals surface area contributed by atoms with Gasteiger partial charge in [-0.3, -0.25) is 14.5 Å². The van der Waals surface area contributed by atoms with Crippen LogP contribution in [0, 0.1) is 13.8 Å². The average Bonchev–Trinajstić information content (AvgIpc) is 3.37. The summed E-state index contributed by atoms with van der Waals surface area (Å²) in [5.41, 5.74) is 3.56. The minimum Gasteiger partial charge on any atom is -0.350 e. The van der Waals surface area contributed by atoms with Gasteiger partial charge in [0, 0.05) is 25.3 Å². The summed E-state index contributed by atoms with van der Waals surface area (Å²) in [5.74, 6) is -0.770. The normalized spacial score (nSPS) is 17.5. The topological polar surface area (TPSA) is 86.8 Å². The van der Waals surface area contributed by atoms with Gasteiger partial charge in [0.1, 0.15) is 5.70 Å². The summed E-state index contributed by atoms with van der Waals surface area (Å²) in [7, 11) is -3.60. The molecule has 1 saturated heterocycles. The third kappa shape index (κ3) is 3.84. The van der Waals surface area contributed by atoms with Crippen LogP contribution in [0.2, 0.25) is 0 Å². The average molecular weight is 454 g/mol. The molecule has 1 N–H and O–H groups in total. The van der Waals surface area contributed by atoms with Crippen LogP contribution in [-0.2, 0) is 19.6 Å². The number of amides is 2. The molecule has 1 fully saturated rings. The van der Waals surface area contributed by atoms with E-state index in [1.165, 1.54) is 15.3 Å². The second kappa shape index (κ2) is 8.52. The lowest BCUT2D eigenvalue weighted by atomic mass is 9.97. The maximum absolute atomic E-state index is 13.1. The van der Waals surface area contributed by atoms with E-state index < -0.39 is 15.9 Å². The number of sulfonamides is 1. The molecule has 0 unspecified atom stereocenters. The van der Waals surface area contributed by atoms with Gasteiger partial charge in [-0.2, -0.15) is 4.31 Å². The number of carbonyl (C=O) groups is 2.